The fraction of sp³-hybridized carbons (Fsp3) is 1.00. The molecule has 0 spiro atoms. The van der Waals surface area contributed by atoms with E-state index >= 15 is 0 Å². The monoisotopic (exact) mass is 710 g/mol. The van der Waals surface area contributed by atoms with Crippen molar-refractivity contribution in [2.45, 2.75) is 151 Å². The topological polar surface area (TPSA) is 153 Å². The summed E-state index contributed by atoms with van der Waals surface area (Å²) in [4.78, 5) is 0. The van der Waals surface area contributed by atoms with E-state index in [-0.39, 0.29) is 102 Å². The molecule has 5 aliphatic heterocycles. The van der Waals surface area contributed by atoms with Crippen LogP contribution in [0, 0.1) is 47.3 Å². The summed E-state index contributed by atoms with van der Waals surface area (Å²) in [5, 5.41) is 31.5. The Balaban J connectivity index is 0.00000169. The Morgan fingerprint density at radius 1 is 0.391 bits per heavy atom. The molecule has 4 saturated carbocycles. The maximum Gasteiger partial charge on any atom is 1.00 e. The molecule has 0 aromatic heterocycles. The minimum absolute atomic E-state index is 0. The molecular weight excluding hydrogens is 655 g/mol. The van der Waals surface area contributed by atoms with Crippen LogP contribution in [0.25, 0.3) is 0 Å². The third-order valence-corrected chi connectivity index (χ3v) is 15.5. The summed E-state index contributed by atoms with van der Waals surface area (Å²) in [6, 6.07) is 0. The Labute approximate surface area is 308 Å². The van der Waals surface area contributed by atoms with Crippen LogP contribution in [0.1, 0.15) is 96.3 Å². The average molecular weight is 711 g/mol. The first-order valence-corrected chi connectivity index (χ1v) is 19.9. The molecular formula is C32H55FeN8NaO3S. The molecule has 9 rings (SSSR count). The SMILES string of the molecule is O=S(=O)([O-])C1CCCC2C3NC4NC(NC5NC(NC6NC(NC(N3)C21)C1CCCCC61)C1CCCCC51)C1CCCCC41.[Fe].[Na+]. The van der Waals surface area contributed by atoms with Crippen molar-refractivity contribution >= 4 is 10.1 Å². The molecule has 5 saturated heterocycles. The van der Waals surface area contributed by atoms with Gasteiger partial charge in [0.2, 0.25) is 0 Å². The largest absolute Gasteiger partial charge is 1.00 e. The predicted molar refractivity (Wildman–Crippen MR) is 166 cm³/mol. The van der Waals surface area contributed by atoms with Gasteiger partial charge in [-0.3, -0.25) is 42.5 Å². The van der Waals surface area contributed by atoms with Gasteiger partial charge in [0.15, 0.2) is 0 Å². The number of hydrogen-bond acceptors (Lipinski definition) is 11. The summed E-state index contributed by atoms with van der Waals surface area (Å²) in [7, 11) is -4.41. The van der Waals surface area contributed by atoms with Gasteiger partial charge < -0.3 is 4.55 Å². The molecule has 8 N–H and O–H groups in total. The average Bonchev–Trinajstić information content (AvgIpc) is 3.76. The van der Waals surface area contributed by atoms with Gasteiger partial charge in [-0.15, -0.1) is 0 Å². The van der Waals surface area contributed by atoms with Crippen molar-refractivity contribution < 1.29 is 59.6 Å². The van der Waals surface area contributed by atoms with Gasteiger partial charge in [0.1, 0.15) is 0 Å². The van der Waals surface area contributed by atoms with Crippen LogP contribution in [0.2, 0.25) is 0 Å². The van der Waals surface area contributed by atoms with E-state index in [0.717, 1.165) is 12.8 Å². The van der Waals surface area contributed by atoms with Crippen molar-refractivity contribution in [2.24, 2.45) is 47.3 Å². The van der Waals surface area contributed by atoms with E-state index in [1.807, 2.05) is 0 Å². The van der Waals surface area contributed by atoms with Gasteiger partial charge in [0.05, 0.1) is 64.7 Å². The molecule has 9 aliphatic rings. The Morgan fingerprint density at radius 2 is 0.652 bits per heavy atom. The predicted octanol–water partition coefficient (Wildman–Crippen LogP) is -1.87. The van der Waals surface area contributed by atoms with Crippen LogP contribution in [-0.2, 0) is 27.2 Å². The zero-order chi connectivity index (χ0) is 29.6. The molecule has 46 heavy (non-hydrogen) atoms. The van der Waals surface area contributed by atoms with E-state index in [1.54, 1.807) is 0 Å². The molecule has 4 aliphatic carbocycles. The van der Waals surface area contributed by atoms with Gasteiger partial charge in [0.25, 0.3) is 0 Å². The maximum absolute atomic E-state index is 12.7. The van der Waals surface area contributed by atoms with Crippen LogP contribution in [0.5, 0.6) is 0 Å². The number of hydrogen-bond donors (Lipinski definition) is 8. The first-order valence-electron chi connectivity index (χ1n) is 18.5. The van der Waals surface area contributed by atoms with E-state index in [9.17, 15) is 13.0 Å². The second-order valence-corrected chi connectivity index (χ2v) is 17.8. The summed E-state index contributed by atoms with van der Waals surface area (Å²) >= 11 is 0. The molecule has 17 atom stereocenters. The van der Waals surface area contributed by atoms with Crippen molar-refractivity contribution in [2.75, 3.05) is 0 Å². The van der Waals surface area contributed by atoms with Crippen molar-refractivity contribution in [1.82, 2.24) is 42.5 Å². The normalized spacial score (nSPS) is 53.1. The van der Waals surface area contributed by atoms with Crippen molar-refractivity contribution in [3.8, 4) is 0 Å². The molecule has 0 radical (unpaired) electrons. The summed E-state index contributed by atoms with van der Waals surface area (Å²) in [5.74, 6) is 3.34. The van der Waals surface area contributed by atoms with Gasteiger partial charge in [-0.2, -0.15) is 0 Å². The van der Waals surface area contributed by atoms with E-state index in [0.29, 0.717) is 48.1 Å². The van der Waals surface area contributed by atoms with Crippen LogP contribution in [0.15, 0.2) is 0 Å². The first kappa shape index (κ1) is 35.5. The molecule has 14 heteroatoms. The Hall–Kier alpha value is 1.11. The number of rotatable bonds is 1. The van der Waals surface area contributed by atoms with Crippen molar-refractivity contribution in [1.29, 1.82) is 0 Å². The second kappa shape index (κ2) is 14.3. The van der Waals surface area contributed by atoms with Crippen molar-refractivity contribution in [3.05, 3.63) is 0 Å². The maximum atomic E-state index is 12.7. The van der Waals surface area contributed by atoms with Crippen LogP contribution in [-0.4, -0.2) is 67.5 Å². The molecule has 11 nitrogen and oxygen atoms in total. The molecule has 5 heterocycles. The zero-order valence-corrected chi connectivity index (χ0v) is 31.3. The second-order valence-electron chi connectivity index (χ2n) is 16.2. The minimum Gasteiger partial charge on any atom is -0.748 e. The van der Waals surface area contributed by atoms with Gasteiger partial charge in [-0.05, 0) is 92.8 Å². The fourth-order valence-electron chi connectivity index (χ4n) is 12.3. The molecule has 0 amide bonds. The van der Waals surface area contributed by atoms with E-state index in [2.05, 4.69) is 42.5 Å². The van der Waals surface area contributed by atoms with E-state index < -0.39 is 15.4 Å². The smallest absolute Gasteiger partial charge is 0.748 e. The van der Waals surface area contributed by atoms with Gasteiger partial charge in [-0.25, -0.2) is 8.42 Å². The molecule has 0 aromatic carbocycles. The van der Waals surface area contributed by atoms with Crippen LogP contribution in [0.4, 0.5) is 0 Å². The van der Waals surface area contributed by atoms with Crippen LogP contribution in [0.3, 0.4) is 0 Å². The molecule has 8 bridgehead atoms. The quantitative estimate of drug-likeness (QED) is 0.114. The minimum atomic E-state index is -4.41. The van der Waals surface area contributed by atoms with Gasteiger partial charge >= 0.3 is 29.6 Å². The van der Waals surface area contributed by atoms with Gasteiger partial charge in [0, 0.05) is 23.0 Å². The molecule has 0 aromatic rings. The Morgan fingerprint density at radius 3 is 0.957 bits per heavy atom. The number of fused-ring (bicyclic) bond motifs is 20. The molecule has 9 fully saturated rings. The number of nitrogens with one attached hydrogen (secondary N) is 8. The molecule has 256 valence electrons. The Kier molecular flexibility index (Phi) is 11.0. The van der Waals surface area contributed by atoms with Crippen LogP contribution >= 0.6 is 0 Å². The summed E-state index contributed by atoms with van der Waals surface area (Å²) < 4.78 is 38.1. The van der Waals surface area contributed by atoms with Crippen LogP contribution < -0.4 is 72.1 Å². The van der Waals surface area contributed by atoms with E-state index in [4.69, 9.17) is 0 Å². The molecule has 17 unspecified atom stereocenters. The van der Waals surface area contributed by atoms with Gasteiger partial charge in [-0.1, -0.05) is 44.9 Å². The third kappa shape index (κ3) is 6.29. The summed E-state index contributed by atoms with van der Waals surface area (Å²) in [5.41, 5.74) is 0. The summed E-state index contributed by atoms with van der Waals surface area (Å²) in [6.07, 6.45) is 18.5. The summed E-state index contributed by atoms with van der Waals surface area (Å²) in [6.45, 7) is 0. The first-order chi connectivity index (χ1) is 21.4. The Bertz CT molecular complexity index is 1190. The fourth-order valence-corrected chi connectivity index (χ4v) is 13.5. The zero-order valence-electron chi connectivity index (χ0n) is 27.4. The third-order valence-electron chi connectivity index (χ3n) is 14.2. The standard InChI is InChI=1S/C32H56N8O3S.Fe.Na/c41-44(42,43)23-15-7-14-22-24(23)32-39-30-21-13-6-5-12-20(21)28(37-30)35-26-17-9-2-1-8-16(17)25(33-26)34-27-18-10-3-4-11-19(18)29(36-27)38-31(22)40-32;;/h16-40H,1-15H2,(H,41,42,43);;/q;;+1/p-1. The van der Waals surface area contributed by atoms with E-state index in [1.165, 1.54) is 77.0 Å². The van der Waals surface area contributed by atoms with Crippen molar-refractivity contribution in [3.63, 3.8) is 0 Å².